The lowest BCUT2D eigenvalue weighted by molar-refractivity contribution is -0.139. The van der Waals surface area contributed by atoms with E-state index in [1.807, 2.05) is 19.1 Å². The van der Waals surface area contributed by atoms with Gasteiger partial charge in [0, 0.05) is 12.2 Å². The van der Waals surface area contributed by atoms with Crippen molar-refractivity contribution in [3.8, 4) is 0 Å². The fourth-order valence-corrected chi connectivity index (χ4v) is 1.39. The molecule has 0 aromatic heterocycles. The lowest BCUT2D eigenvalue weighted by Crippen LogP contribution is -2.06. The van der Waals surface area contributed by atoms with Crippen LogP contribution in [0.15, 0.2) is 35.6 Å². The molecule has 0 amide bonds. The van der Waals surface area contributed by atoms with Crippen molar-refractivity contribution in [2.24, 2.45) is 0 Å². The zero-order chi connectivity index (χ0) is 10.6. The molecule has 3 heteroatoms. The molecule has 1 saturated heterocycles. The summed E-state index contributed by atoms with van der Waals surface area (Å²) in [7, 11) is 1.39. The number of carbonyl (C=O) groups is 1. The monoisotopic (exact) mass is 193 g/mol. The van der Waals surface area contributed by atoms with Crippen molar-refractivity contribution in [3.05, 3.63) is 35.6 Å². The van der Waals surface area contributed by atoms with Crippen LogP contribution in [0.25, 0.3) is 0 Å². The predicted octanol–water partition coefficient (Wildman–Crippen LogP) is 1.54. The number of hydrogen-bond acceptors (Lipinski definition) is 3. The summed E-state index contributed by atoms with van der Waals surface area (Å²) in [6.45, 7) is 6.63. The molecule has 0 radical (unpaired) electrons. The average Bonchev–Trinajstić information content (AvgIpc) is 2.55. The molecular weight excluding hydrogens is 178 g/mol. The van der Waals surface area contributed by atoms with Crippen LogP contribution >= 0.6 is 0 Å². The van der Waals surface area contributed by atoms with Crippen LogP contribution in [-0.2, 0) is 9.53 Å². The Kier molecular flexibility index (Phi) is 3.51. The molecule has 1 rings (SSSR count). The Morgan fingerprint density at radius 3 is 3.00 bits per heavy atom. The molecule has 0 spiro atoms. The normalized spacial score (nSPS) is 21.4. The largest absolute Gasteiger partial charge is 0.469 e. The molecule has 1 aliphatic rings. The Hall–Kier alpha value is -1.51. The van der Waals surface area contributed by atoms with Gasteiger partial charge >= 0.3 is 5.97 Å². The molecule has 3 nitrogen and oxygen atoms in total. The first-order valence-electron chi connectivity index (χ1n) is 4.54. The zero-order valence-electron chi connectivity index (χ0n) is 8.59. The van der Waals surface area contributed by atoms with Crippen molar-refractivity contribution in [2.45, 2.75) is 13.3 Å². The Bertz CT molecular complexity index is 313. The van der Waals surface area contributed by atoms with E-state index >= 15 is 0 Å². The topological polar surface area (TPSA) is 38.3 Å². The Balaban J connectivity index is 2.69. The van der Waals surface area contributed by atoms with E-state index in [1.54, 1.807) is 0 Å². The smallest absolute Gasteiger partial charge is 0.309 e. The van der Waals surface area contributed by atoms with Crippen molar-refractivity contribution in [2.75, 3.05) is 13.7 Å². The summed E-state index contributed by atoms with van der Waals surface area (Å²) in [5, 5.41) is 3.17. The van der Waals surface area contributed by atoms with Crippen LogP contribution in [0.2, 0.25) is 0 Å². The second kappa shape index (κ2) is 4.65. The molecule has 0 aliphatic carbocycles. The number of hydrogen-bond donors (Lipinski definition) is 1. The molecule has 1 heterocycles. The molecule has 0 atom stereocenters. The summed E-state index contributed by atoms with van der Waals surface area (Å²) >= 11 is 0. The van der Waals surface area contributed by atoms with E-state index in [9.17, 15) is 4.79 Å². The van der Waals surface area contributed by atoms with Crippen molar-refractivity contribution in [3.63, 3.8) is 0 Å². The summed E-state index contributed by atoms with van der Waals surface area (Å²) in [4.78, 5) is 10.9. The molecular formula is C11H15NO2. The zero-order valence-corrected chi connectivity index (χ0v) is 8.59. The van der Waals surface area contributed by atoms with Gasteiger partial charge in [0.2, 0.25) is 0 Å². The standard InChI is InChI=1S/C11H15NO2/c1-4-9-8(2)7-12-10(9)5-6-11(13)14-3/h4-5,12H,2,6-7H2,1,3H3. The Morgan fingerprint density at radius 1 is 1.71 bits per heavy atom. The molecule has 0 aromatic rings. The maximum absolute atomic E-state index is 10.9. The van der Waals surface area contributed by atoms with E-state index in [-0.39, 0.29) is 5.97 Å². The second-order valence-corrected chi connectivity index (χ2v) is 3.06. The van der Waals surface area contributed by atoms with Gasteiger partial charge in [-0.15, -0.1) is 0 Å². The van der Waals surface area contributed by atoms with Crippen LogP contribution in [-0.4, -0.2) is 19.6 Å². The minimum Gasteiger partial charge on any atom is -0.469 e. The molecule has 1 N–H and O–H groups in total. The number of esters is 1. The van der Waals surface area contributed by atoms with E-state index < -0.39 is 0 Å². The van der Waals surface area contributed by atoms with Gasteiger partial charge in [-0.25, -0.2) is 0 Å². The van der Waals surface area contributed by atoms with Gasteiger partial charge in [-0.05, 0) is 24.1 Å². The second-order valence-electron chi connectivity index (χ2n) is 3.06. The summed E-state index contributed by atoms with van der Waals surface area (Å²) in [5.74, 6) is -0.229. The van der Waals surface area contributed by atoms with E-state index in [2.05, 4.69) is 16.6 Å². The lowest BCUT2D eigenvalue weighted by atomic mass is 10.1. The number of allylic oxidation sites excluding steroid dienone is 2. The highest BCUT2D eigenvalue weighted by Gasteiger charge is 2.15. The summed E-state index contributed by atoms with van der Waals surface area (Å²) < 4.78 is 4.55. The minimum absolute atomic E-state index is 0.229. The van der Waals surface area contributed by atoms with Crippen LogP contribution in [0.5, 0.6) is 0 Å². The summed E-state index contributed by atoms with van der Waals surface area (Å²) in [5.41, 5.74) is 3.13. The minimum atomic E-state index is -0.229. The van der Waals surface area contributed by atoms with Gasteiger partial charge in [0.05, 0.1) is 13.5 Å². The maximum atomic E-state index is 10.9. The number of rotatable bonds is 2. The van der Waals surface area contributed by atoms with Crippen LogP contribution < -0.4 is 5.32 Å². The van der Waals surface area contributed by atoms with Crippen molar-refractivity contribution in [1.82, 2.24) is 5.32 Å². The predicted molar refractivity (Wildman–Crippen MR) is 55.6 cm³/mol. The summed E-state index contributed by atoms with van der Waals surface area (Å²) in [6.07, 6.45) is 4.12. The van der Waals surface area contributed by atoms with Crippen LogP contribution in [0.4, 0.5) is 0 Å². The van der Waals surface area contributed by atoms with Gasteiger partial charge < -0.3 is 10.1 Å². The fourth-order valence-electron chi connectivity index (χ4n) is 1.39. The molecule has 1 aliphatic heterocycles. The van der Waals surface area contributed by atoms with E-state index in [4.69, 9.17) is 0 Å². The van der Waals surface area contributed by atoms with Gasteiger partial charge in [-0.2, -0.15) is 0 Å². The van der Waals surface area contributed by atoms with E-state index in [0.717, 1.165) is 23.4 Å². The van der Waals surface area contributed by atoms with Crippen molar-refractivity contribution < 1.29 is 9.53 Å². The molecule has 1 fully saturated rings. The SMILES string of the molecule is C=C1CNC(=CCC(=O)OC)C1=CC. The van der Waals surface area contributed by atoms with E-state index in [0.29, 0.717) is 6.42 Å². The Morgan fingerprint density at radius 2 is 2.43 bits per heavy atom. The third-order valence-corrected chi connectivity index (χ3v) is 2.15. The van der Waals surface area contributed by atoms with Gasteiger partial charge in [-0.1, -0.05) is 12.7 Å². The number of ether oxygens (including phenoxy) is 1. The highest BCUT2D eigenvalue weighted by Crippen LogP contribution is 2.22. The quantitative estimate of drug-likeness (QED) is 0.676. The highest BCUT2D eigenvalue weighted by atomic mass is 16.5. The summed E-state index contributed by atoms with van der Waals surface area (Å²) in [6, 6.07) is 0. The number of methoxy groups -OCH3 is 1. The van der Waals surface area contributed by atoms with E-state index in [1.165, 1.54) is 7.11 Å². The molecule has 0 saturated carbocycles. The number of carbonyl (C=O) groups excluding carboxylic acids is 1. The van der Waals surface area contributed by atoms with Crippen LogP contribution in [0, 0.1) is 0 Å². The van der Waals surface area contributed by atoms with Gasteiger partial charge in [0.25, 0.3) is 0 Å². The van der Waals surface area contributed by atoms with Crippen LogP contribution in [0.3, 0.4) is 0 Å². The third kappa shape index (κ3) is 2.25. The highest BCUT2D eigenvalue weighted by molar-refractivity contribution is 5.71. The molecule has 14 heavy (non-hydrogen) atoms. The fraction of sp³-hybridized carbons (Fsp3) is 0.364. The molecule has 0 aromatic carbocycles. The van der Waals surface area contributed by atoms with Crippen LogP contribution in [0.1, 0.15) is 13.3 Å². The number of nitrogens with one attached hydrogen (secondary N) is 1. The lowest BCUT2D eigenvalue weighted by Gasteiger charge is -2.00. The molecule has 0 unspecified atom stereocenters. The van der Waals surface area contributed by atoms with Gasteiger partial charge in [0.15, 0.2) is 0 Å². The first-order valence-corrected chi connectivity index (χ1v) is 4.54. The first-order chi connectivity index (χ1) is 6.69. The maximum Gasteiger partial charge on any atom is 0.309 e. The van der Waals surface area contributed by atoms with Gasteiger partial charge in [0.1, 0.15) is 0 Å². The third-order valence-electron chi connectivity index (χ3n) is 2.15. The Labute approximate surface area is 84.1 Å². The van der Waals surface area contributed by atoms with Crippen molar-refractivity contribution in [1.29, 1.82) is 0 Å². The average molecular weight is 193 g/mol. The molecule has 0 bridgehead atoms. The van der Waals surface area contributed by atoms with Crippen molar-refractivity contribution >= 4 is 5.97 Å². The van der Waals surface area contributed by atoms with Gasteiger partial charge in [-0.3, -0.25) is 4.79 Å². The molecule has 76 valence electrons. The first kappa shape index (κ1) is 10.6.